The molecule has 4 heteroatoms. The van der Waals surface area contributed by atoms with Gasteiger partial charge in [0.1, 0.15) is 5.82 Å². The SMILES string of the molecule is Cl.[2H][13C]([2H])([2H])NC(C)C(=O)c1ccc(F)cc1. The summed E-state index contributed by atoms with van der Waals surface area (Å²) in [5.74, 6) is -0.816. The summed E-state index contributed by atoms with van der Waals surface area (Å²) in [6.45, 7) is -0.910. The Morgan fingerprint density at radius 2 is 2.07 bits per heavy atom. The standard InChI is InChI=1S/C10H12FNO.ClH/c1-7(12-2)10(13)8-3-5-9(11)6-4-8;/h3-7,12H,1-2H3;1H/i2+1D3;. The summed E-state index contributed by atoms with van der Waals surface area (Å²) in [6.07, 6.45) is 0. The number of hydrogen-bond donors (Lipinski definition) is 1. The van der Waals surface area contributed by atoms with Gasteiger partial charge in [0.15, 0.2) is 5.78 Å². The molecule has 0 aliphatic carbocycles. The second kappa shape index (κ2) is 5.73. The van der Waals surface area contributed by atoms with Crippen molar-refractivity contribution in [2.75, 3.05) is 6.98 Å². The maximum atomic E-state index is 12.6. The Labute approximate surface area is 93.1 Å². The predicted octanol–water partition coefficient (Wildman–Crippen LogP) is 2.04. The summed E-state index contributed by atoms with van der Waals surface area (Å²) in [5, 5.41) is 2.19. The fourth-order valence-corrected chi connectivity index (χ4v) is 0.930. The van der Waals surface area contributed by atoms with Crippen molar-refractivity contribution in [2.24, 2.45) is 0 Å². The number of rotatable bonds is 3. The van der Waals surface area contributed by atoms with E-state index >= 15 is 0 Å². The van der Waals surface area contributed by atoms with E-state index in [1.165, 1.54) is 19.1 Å². The first-order chi connectivity index (χ1) is 7.29. The number of likely N-dealkylation sites (N-methyl/N-ethyl adjacent to an activating group) is 1. The summed E-state index contributed by atoms with van der Waals surface area (Å²) in [6, 6.07) is 4.15. The van der Waals surface area contributed by atoms with Crippen LogP contribution < -0.4 is 5.32 Å². The van der Waals surface area contributed by atoms with Crippen LogP contribution in [0.2, 0.25) is 0 Å². The lowest BCUT2D eigenvalue weighted by molar-refractivity contribution is 0.0955. The van der Waals surface area contributed by atoms with Crippen molar-refractivity contribution in [3.63, 3.8) is 0 Å². The van der Waals surface area contributed by atoms with Crippen LogP contribution in [-0.2, 0) is 0 Å². The summed E-state index contributed by atoms with van der Waals surface area (Å²) in [4.78, 5) is 11.7. The van der Waals surface area contributed by atoms with Gasteiger partial charge < -0.3 is 5.32 Å². The quantitative estimate of drug-likeness (QED) is 0.625. The molecule has 1 atom stereocenters. The van der Waals surface area contributed by atoms with Crippen molar-refractivity contribution in [2.45, 2.75) is 13.0 Å². The van der Waals surface area contributed by atoms with E-state index < -0.39 is 18.8 Å². The molecule has 0 amide bonds. The molecule has 0 radical (unpaired) electrons. The first kappa shape index (κ1) is 8.38. The van der Waals surface area contributed by atoms with Gasteiger partial charge in [0.2, 0.25) is 0 Å². The molecule has 0 heterocycles. The summed E-state index contributed by atoms with van der Waals surface area (Å²) in [7, 11) is 0. The molecular formula is C10H13ClFNO. The van der Waals surface area contributed by atoms with E-state index in [0.717, 1.165) is 12.1 Å². The molecule has 0 aliphatic rings. The highest BCUT2D eigenvalue weighted by Crippen LogP contribution is 2.05. The largest absolute Gasteiger partial charge is 0.310 e. The van der Waals surface area contributed by atoms with Gasteiger partial charge in [-0.15, -0.1) is 12.4 Å². The minimum Gasteiger partial charge on any atom is -0.310 e. The van der Waals surface area contributed by atoms with Crippen LogP contribution in [0.15, 0.2) is 24.3 Å². The van der Waals surface area contributed by atoms with Crippen LogP contribution in [0.25, 0.3) is 0 Å². The molecule has 0 spiro atoms. The van der Waals surface area contributed by atoms with Crippen LogP contribution >= 0.6 is 12.4 Å². The van der Waals surface area contributed by atoms with Crippen molar-refractivity contribution in [3.8, 4) is 0 Å². The third-order valence-electron chi connectivity index (χ3n) is 1.74. The van der Waals surface area contributed by atoms with E-state index in [9.17, 15) is 9.18 Å². The minimum atomic E-state index is -2.37. The van der Waals surface area contributed by atoms with Crippen molar-refractivity contribution in [1.29, 1.82) is 0 Å². The van der Waals surface area contributed by atoms with Gasteiger partial charge >= 0.3 is 0 Å². The Morgan fingerprint density at radius 3 is 2.57 bits per heavy atom. The van der Waals surface area contributed by atoms with Gasteiger partial charge in [0.05, 0.1) is 6.04 Å². The molecule has 1 rings (SSSR count). The maximum Gasteiger partial charge on any atom is 0.179 e. The third kappa shape index (κ3) is 3.09. The van der Waals surface area contributed by atoms with Crippen LogP contribution in [0.4, 0.5) is 4.39 Å². The van der Waals surface area contributed by atoms with Crippen LogP contribution in [0.5, 0.6) is 0 Å². The molecule has 0 aromatic heterocycles. The number of nitrogens with one attached hydrogen (secondary N) is 1. The summed E-state index contributed by atoms with van der Waals surface area (Å²) >= 11 is 0. The highest BCUT2D eigenvalue weighted by atomic mass is 35.5. The molecule has 1 N–H and O–H groups in total. The molecule has 0 bridgehead atoms. The monoisotopic (exact) mass is 221 g/mol. The van der Waals surface area contributed by atoms with Crippen molar-refractivity contribution in [3.05, 3.63) is 35.6 Å². The van der Waals surface area contributed by atoms with Crippen LogP contribution in [-0.4, -0.2) is 18.8 Å². The van der Waals surface area contributed by atoms with E-state index in [1.54, 1.807) is 0 Å². The van der Waals surface area contributed by atoms with Gasteiger partial charge in [-0.25, -0.2) is 4.39 Å². The highest BCUT2D eigenvalue weighted by Gasteiger charge is 2.12. The number of carbonyl (C=O) groups excluding carboxylic acids is 1. The number of Topliss-reactive ketones (excluding diaryl/α,β-unsaturated/α-hetero) is 1. The van der Waals surface area contributed by atoms with Gasteiger partial charge in [-0.1, -0.05) is 0 Å². The Balaban J connectivity index is 0.00000256. The second-order valence-corrected chi connectivity index (χ2v) is 2.74. The smallest absolute Gasteiger partial charge is 0.179 e. The van der Waals surface area contributed by atoms with Crippen LogP contribution in [0.1, 0.15) is 21.4 Å². The topological polar surface area (TPSA) is 29.1 Å². The zero-order valence-corrected chi connectivity index (χ0v) is 8.40. The van der Waals surface area contributed by atoms with Gasteiger partial charge in [0, 0.05) is 9.68 Å². The molecule has 78 valence electrons. The fourth-order valence-electron chi connectivity index (χ4n) is 0.930. The molecule has 0 saturated heterocycles. The van der Waals surface area contributed by atoms with Gasteiger partial charge in [-0.05, 0) is 38.2 Å². The van der Waals surface area contributed by atoms with E-state index in [0.29, 0.717) is 0 Å². The number of ketones is 1. The van der Waals surface area contributed by atoms with Crippen molar-refractivity contribution < 1.29 is 13.3 Å². The Hall–Kier alpha value is -0.930. The zero-order chi connectivity index (χ0) is 12.3. The van der Waals surface area contributed by atoms with E-state index in [2.05, 4.69) is 5.32 Å². The molecule has 14 heavy (non-hydrogen) atoms. The lowest BCUT2D eigenvalue weighted by Gasteiger charge is -2.08. The zero-order valence-electron chi connectivity index (χ0n) is 10.6. The van der Waals surface area contributed by atoms with Crippen LogP contribution in [0, 0.1) is 5.82 Å². The van der Waals surface area contributed by atoms with E-state index in [1.807, 2.05) is 0 Å². The summed E-state index contributed by atoms with van der Waals surface area (Å²) in [5.41, 5.74) is 0.283. The molecular weight excluding hydrogens is 206 g/mol. The molecule has 0 aliphatic heterocycles. The molecule has 0 fully saturated rings. The van der Waals surface area contributed by atoms with Crippen molar-refractivity contribution in [1.82, 2.24) is 5.32 Å². The molecule has 1 aromatic rings. The van der Waals surface area contributed by atoms with E-state index in [4.69, 9.17) is 4.11 Å². The number of benzene rings is 1. The average molecular weight is 222 g/mol. The van der Waals surface area contributed by atoms with Gasteiger partial charge in [0.25, 0.3) is 0 Å². The Kier molecular flexibility index (Phi) is 3.43. The first-order valence-corrected chi connectivity index (χ1v) is 3.87. The fraction of sp³-hybridized carbons (Fsp3) is 0.300. The van der Waals surface area contributed by atoms with Crippen molar-refractivity contribution >= 4 is 18.2 Å². The van der Waals surface area contributed by atoms with E-state index in [-0.39, 0.29) is 23.8 Å². The van der Waals surface area contributed by atoms with Gasteiger partial charge in [-0.2, -0.15) is 0 Å². The number of halogens is 2. The second-order valence-electron chi connectivity index (χ2n) is 2.74. The number of hydrogen-bond acceptors (Lipinski definition) is 2. The number of carbonyl (C=O) groups is 1. The average Bonchev–Trinajstić information content (AvgIpc) is 2.15. The minimum absolute atomic E-state index is 0. The third-order valence-corrected chi connectivity index (χ3v) is 1.74. The van der Waals surface area contributed by atoms with Crippen LogP contribution in [0.3, 0.4) is 0 Å². The molecule has 1 aromatic carbocycles. The highest BCUT2D eigenvalue weighted by molar-refractivity contribution is 5.99. The summed E-state index contributed by atoms with van der Waals surface area (Å²) < 4.78 is 33.5. The lowest BCUT2D eigenvalue weighted by atomic mass is 10.1. The Morgan fingerprint density at radius 1 is 1.50 bits per heavy atom. The lowest BCUT2D eigenvalue weighted by Crippen LogP contribution is -2.30. The molecule has 0 saturated carbocycles. The maximum absolute atomic E-state index is 12.6. The first-order valence-electron chi connectivity index (χ1n) is 5.37. The molecule has 1 unspecified atom stereocenters. The Bertz CT molecular complexity index is 380. The van der Waals surface area contributed by atoms with Gasteiger partial charge in [-0.3, -0.25) is 4.79 Å². The normalized spacial score (nSPS) is 15.7. The predicted molar refractivity (Wildman–Crippen MR) is 56.5 cm³/mol. The molecule has 2 nitrogen and oxygen atoms in total.